The van der Waals surface area contributed by atoms with Crippen molar-refractivity contribution in [1.29, 1.82) is 0 Å². The van der Waals surface area contributed by atoms with Crippen molar-refractivity contribution in [2.75, 3.05) is 43.1 Å². The smallest absolute Gasteiger partial charge is 0.238 e. The lowest BCUT2D eigenvalue weighted by molar-refractivity contribution is -0.127. The van der Waals surface area contributed by atoms with Crippen LogP contribution < -0.4 is 15.5 Å². The average Bonchev–Trinajstić information content (AvgIpc) is 2.66. The molecule has 1 spiro atoms. The minimum absolute atomic E-state index is 0.0954. The lowest BCUT2D eigenvalue weighted by atomic mass is 9.78. The number of hydrogen-bond donors (Lipinski definition) is 2. The highest BCUT2D eigenvalue weighted by Gasteiger charge is 2.49. The van der Waals surface area contributed by atoms with Gasteiger partial charge in [0.1, 0.15) is 12.0 Å². The van der Waals surface area contributed by atoms with Gasteiger partial charge in [0.05, 0.1) is 48.4 Å². The molecule has 0 aliphatic carbocycles. The van der Waals surface area contributed by atoms with Crippen LogP contribution in [0.2, 0.25) is 0 Å². The number of hydrogen-bond acceptors (Lipinski definition) is 8. The molecule has 9 nitrogen and oxygen atoms in total. The van der Waals surface area contributed by atoms with Crippen LogP contribution in [0.15, 0.2) is 30.9 Å². The van der Waals surface area contributed by atoms with Crippen molar-refractivity contribution in [3.63, 3.8) is 0 Å². The third-order valence-electron chi connectivity index (χ3n) is 5.20. The maximum absolute atomic E-state index is 12.4. The van der Waals surface area contributed by atoms with Crippen LogP contribution in [0.4, 0.5) is 11.4 Å². The fourth-order valence-electron chi connectivity index (χ4n) is 3.55. The maximum atomic E-state index is 12.4. The normalized spacial score (nSPS) is 16.8. The van der Waals surface area contributed by atoms with Crippen molar-refractivity contribution in [1.82, 2.24) is 20.3 Å². The molecule has 2 aromatic rings. The molecule has 0 unspecified atom stereocenters. The quantitative estimate of drug-likeness (QED) is 0.637. The fraction of sp³-hybridized carbons (Fsp3) is 0.450. The van der Waals surface area contributed by atoms with Gasteiger partial charge in [-0.05, 0) is 12.1 Å². The number of amides is 1. The van der Waals surface area contributed by atoms with Crippen LogP contribution in [-0.4, -0.2) is 59.5 Å². The van der Waals surface area contributed by atoms with E-state index >= 15 is 0 Å². The molecule has 2 saturated heterocycles. The van der Waals surface area contributed by atoms with E-state index in [9.17, 15) is 9.59 Å². The summed E-state index contributed by atoms with van der Waals surface area (Å²) in [6.45, 7) is 5.73. The van der Waals surface area contributed by atoms with Crippen LogP contribution in [0.1, 0.15) is 29.5 Å². The summed E-state index contributed by atoms with van der Waals surface area (Å²) < 4.78 is 5.32. The van der Waals surface area contributed by atoms with Gasteiger partial charge >= 0.3 is 0 Å². The molecule has 2 aliphatic heterocycles. The molecule has 0 bridgehead atoms. The Morgan fingerprint density at radius 3 is 2.76 bits per heavy atom. The lowest BCUT2D eigenvalue weighted by Gasteiger charge is -2.55. The highest BCUT2D eigenvalue weighted by Crippen LogP contribution is 2.40. The van der Waals surface area contributed by atoms with Gasteiger partial charge in [-0.3, -0.25) is 9.59 Å². The van der Waals surface area contributed by atoms with Crippen LogP contribution in [0.5, 0.6) is 0 Å². The summed E-state index contributed by atoms with van der Waals surface area (Å²) in [5.74, 6) is -0.344. The van der Waals surface area contributed by atoms with Gasteiger partial charge in [-0.1, -0.05) is 6.92 Å². The van der Waals surface area contributed by atoms with E-state index in [2.05, 4.69) is 30.5 Å². The molecule has 0 saturated carbocycles. The predicted octanol–water partition coefficient (Wildman–Crippen LogP) is 1.03. The highest BCUT2D eigenvalue weighted by atomic mass is 16.5. The van der Waals surface area contributed by atoms with Crippen LogP contribution in [0, 0.1) is 5.41 Å². The van der Waals surface area contributed by atoms with E-state index in [1.54, 1.807) is 25.4 Å². The molecule has 0 radical (unpaired) electrons. The minimum atomic E-state index is -0.240. The van der Waals surface area contributed by atoms with Gasteiger partial charge in [0.25, 0.3) is 0 Å². The van der Waals surface area contributed by atoms with E-state index in [0.717, 1.165) is 37.7 Å². The topological polar surface area (TPSA) is 109 Å². The number of Topliss-reactive ketones (excluding diaryl/α,β-unsaturated/α-hetero) is 1. The predicted molar refractivity (Wildman–Crippen MR) is 107 cm³/mol. The number of nitrogens with zero attached hydrogens (tertiary/aromatic N) is 4. The van der Waals surface area contributed by atoms with E-state index in [0.29, 0.717) is 24.3 Å². The Kier molecular flexibility index (Phi) is 5.50. The third kappa shape index (κ3) is 4.25. The lowest BCUT2D eigenvalue weighted by Crippen LogP contribution is -2.66. The van der Waals surface area contributed by atoms with Crippen molar-refractivity contribution in [2.45, 2.75) is 19.9 Å². The van der Waals surface area contributed by atoms with Crippen molar-refractivity contribution in [2.24, 2.45) is 5.41 Å². The molecule has 4 heterocycles. The maximum Gasteiger partial charge on any atom is 0.238 e. The molecule has 1 amide bonds. The number of carbonyl (C=O) groups is 2. The van der Waals surface area contributed by atoms with Crippen molar-refractivity contribution < 1.29 is 14.3 Å². The molecule has 0 atom stereocenters. The first-order chi connectivity index (χ1) is 14.1. The van der Waals surface area contributed by atoms with E-state index in [-0.39, 0.29) is 23.7 Å². The van der Waals surface area contributed by atoms with Crippen LogP contribution >= 0.6 is 0 Å². The number of carbonyl (C=O) groups excluding carboxylic acids is 2. The monoisotopic (exact) mass is 396 g/mol. The number of pyridine rings is 1. The Morgan fingerprint density at radius 2 is 2.10 bits per heavy atom. The van der Waals surface area contributed by atoms with Gasteiger partial charge in [0.2, 0.25) is 5.91 Å². The molecule has 9 heteroatoms. The van der Waals surface area contributed by atoms with Crippen LogP contribution in [0.25, 0.3) is 0 Å². The fourth-order valence-corrected chi connectivity index (χ4v) is 3.55. The number of anilines is 2. The van der Waals surface area contributed by atoms with Crippen LogP contribution in [-0.2, 0) is 16.1 Å². The summed E-state index contributed by atoms with van der Waals surface area (Å²) >= 11 is 0. The summed E-state index contributed by atoms with van der Waals surface area (Å²) in [5.41, 5.74) is 2.72. The zero-order valence-electron chi connectivity index (χ0n) is 16.4. The van der Waals surface area contributed by atoms with E-state index in [1.165, 1.54) is 6.33 Å². The molecule has 2 fully saturated rings. The summed E-state index contributed by atoms with van der Waals surface area (Å²) in [7, 11) is 0. The molecule has 0 aromatic carbocycles. The molecule has 2 aromatic heterocycles. The second kappa shape index (κ2) is 8.22. The van der Waals surface area contributed by atoms with Crippen molar-refractivity contribution in [3.05, 3.63) is 42.2 Å². The second-order valence-electron chi connectivity index (χ2n) is 7.57. The minimum Gasteiger partial charge on any atom is -0.380 e. The Bertz CT molecular complexity index is 892. The van der Waals surface area contributed by atoms with E-state index < -0.39 is 0 Å². The Labute approximate surface area is 168 Å². The number of ketones is 1. The molecular formula is C20H24N6O3. The number of aromatic nitrogens is 3. The van der Waals surface area contributed by atoms with Crippen LogP contribution in [0.3, 0.4) is 0 Å². The Morgan fingerprint density at radius 1 is 1.28 bits per heavy atom. The molecule has 2 aliphatic rings. The molecule has 29 heavy (non-hydrogen) atoms. The Hall–Kier alpha value is -2.91. The van der Waals surface area contributed by atoms with Gasteiger partial charge in [0.15, 0.2) is 5.78 Å². The van der Waals surface area contributed by atoms with Crippen molar-refractivity contribution >= 4 is 23.1 Å². The Balaban J connectivity index is 1.40. The summed E-state index contributed by atoms with van der Waals surface area (Å²) in [4.78, 5) is 39.2. The first-order valence-corrected chi connectivity index (χ1v) is 9.70. The largest absolute Gasteiger partial charge is 0.380 e. The van der Waals surface area contributed by atoms with Gasteiger partial charge in [-0.15, -0.1) is 0 Å². The average molecular weight is 396 g/mol. The standard InChI is InChI=1S/C20H24N6O3/c1-2-17(27)19-16(25-18(28)8-22-6-14-3-4-21-13-24-14)5-15(7-23-19)26-9-20(10-26)11-29-12-20/h3-5,7,13,22H,2,6,8-12H2,1H3,(H,25,28). The summed E-state index contributed by atoms with van der Waals surface area (Å²) in [5, 5.41) is 5.87. The first-order valence-electron chi connectivity index (χ1n) is 9.70. The van der Waals surface area contributed by atoms with E-state index in [1.807, 2.05) is 6.07 Å². The third-order valence-corrected chi connectivity index (χ3v) is 5.20. The van der Waals surface area contributed by atoms with Gasteiger partial charge < -0.3 is 20.3 Å². The first kappa shape index (κ1) is 19.4. The summed E-state index contributed by atoms with van der Waals surface area (Å²) in [6, 6.07) is 3.62. The summed E-state index contributed by atoms with van der Waals surface area (Å²) in [6.07, 6.45) is 5.15. The van der Waals surface area contributed by atoms with Crippen molar-refractivity contribution in [3.8, 4) is 0 Å². The molecule has 4 rings (SSSR count). The van der Waals surface area contributed by atoms with Gasteiger partial charge in [-0.2, -0.15) is 0 Å². The highest BCUT2D eigenvalue weighted by molar-refractivity contribution is 6.04. The molecule has 2 N–H and O–H groups in total. The number of rotatable bonds is 8. The van der Waals surface area contributed by atoms with E-state index in [4.69, 9.17) is 4.74 Å². The van der Waals surface area contributed by atoms with Gasteiger partial charge in [0, 0.05) is 32.3 Å². The number of nitrogens with one attached hydrogen (secondary N) is 2. The molecule has 152 valence electrons. The zero-order chi connectivity index (χ0) is 20.3. The number of ether oxygens (including phenoxy) is 1. The second-order valence-corrected chi connectivity index (χ2v) is 7.57. The SMILES string of the molecule is CCC(=O)c1ncc(N2CC3(COC3)C2)cc1NC(=O)CNCc1ccncn1. The molecular weight excluding hydrogens is 372 g/mol. The zero-order valence-corrected chi connectivity index (χ0v) is 16.4. The van der Waals surface area contributed by atoms with Gasteiger partial charge in [-0.25, -0.2) is 15.0 Å².